The average molecular weight is 386 g/mol. The minimum Gasteiger partial charge on any atom is -0.497 e. The summed E-state index contributed by atoms with van der Waals surface area (Å²) in [7, 11) is 3.83. The highest BCUT2D eigenvalue weighted by atomic mass is 16.5. The van der Waals surface area contributed by atoms with E-state index in [4.69, 9.17) is 9.47 Å². The number of nitrogens with zero attached hydrogens (tertiary/aromatic N) is 5. The van der Waals surface area contributed by atoms with E-state index in [1.165, 1.54) is 18.4 Å². The van der Waals surface area contributed by atoms with Gasteiger partial charge < -0.3 is 14.0 Å². The van der Waals surface area contributed by atoms with Crippen LogP contribution in [-0.2, 0) is 24.9 Å². The monoisotopic (exact) mass is 385 g/mol. The van der Waals surface area contributed by atoms with E-state index in [9.17, 15) is 0 Å². The van der Waals surface area contributed by atoms with Crippen LogP contribution in [0.25, 0.3) is 0 Å². The number of hydrogen-bond acceptors (Lipinski definition) is 6. The average Bonchev–Trinajstić information content (AvgIpc) is 3.10. The highest BCUT2D eigenvalue weighted by molar-refractivity contribution is 5.27. The predicted molar refractivity (Wildman–Crippen MR) is 107 cm³/mol. The SMILES string of the molecule is COc1ccc(CN2CCC[C@H](c3nnc(CN4CCOCC4)n3C)C2)cc1. The Morgan fingerprint density at radius 1 is 1.04 bits per heavy atom. The Bertz CT molecular complexity index is 755. The molecule has 0 N–H and O–H groups in total. The Morgan fingerprint density at radius 2 is 1.82 bits per heavy atom. The van der Waals surface area contributed by atoms with Gasteiger partial charge in [-0.2, -0.15) is 0 Å². The van der Waals surface area contributed by atoms with Gasteiger partial charge in [-0.05, 0) is 37.1 Å². The number of morpholine rings is 1. The number of aromatic nitrogens is 3. The molecule has 1 aromatic heterocycles. The summed E-state index contributed by atoms with van der Waals surface area (Å²) in [4.78, 5) is 4.93. The van der Waals surface area contributed by atoms with Gasteiger partial charge in [-0.1, -0.05) is 12.1 Å². The number of piperidine rings is 1. The molecule has 2 aliphatic heterocycles. The van der Waals surface area contributed by atoms with Gasteiger partial charge in [0.2, 0.25) is 0 Å². The lowest BCUT2D eigenvalue weighted by atomic mass is 9.96. The van der Waals surface area contributed by atoms with Crippen LogP contribution in [0.15, 0.2) is 24.3 Å². The number of rotatable bonds is 6. The van der Waals surface area contributed by atoms with E-state index in [1.54, 1.807) is 7.11 Å². The quantitative estimate of drug-likeness (QED) is 0.759. The van der Waals surface area contributed by atoms with Crippen LogP contribution in [0.5, 0.6) is 5.75 Å². The minimum atomic E-state index is 0.447. The van der Waals surface area contributed by atoms with E-state index >= 15 is 0 Å². The summed E-state index contributed by atoms with van der Waals surface area (Å²) in [5.74, 6) is 3.54. The van der Waals surface area contributed by atoms with E-state index in [0.29, 0.717) is 5.92 Å². The Hall–Kier alpha value is -1.96. The number of hydrogen-bond donors (Lipinski definition) is 0. The fourth-order valence-corrected chi connectivity index (χ4v) is 4.23. The van der Waals surface area contributed by atoms with Gasteiger partial charge in [0.25, 0.3) is 0 Å². The molecule has 3 heterocycles. The smallest absolute Gasteiger partial charge is 0.146 e. The lowest BCUT2D eigenvalue weighted by molar-refractivity contribution is 0.0326. The van der Waals surface area contributed by atoms with Gasteiger partial charge in [-0.15, -0.1) is 10.2 Å². The van der Waals surface area contributed by atoms with Gasteiger partial charge in [0, 0.05) is 39.1 Å². The molecule has 2 saturated heterocycles. The van der Waals surface area contributed by atoms with Crippen LogP contribution in [0.2, 0.25) is 0 Å². The fraction of sp³-hybridized carbons (Fsp3) is 0.619. The Balaban J connectivity index is 1.38. The standard InChI is InChI=1S/C21H31N5O2/c1-24-20(16-25-10-12-28-13-11-25)22-23-21(24)18-4-3-9-26(15-18)14-17-5-7-19(27-2)8-6-17/h5-8,18H,3-4,9-16H2,1-2H3/t18-/m0/s1. The maximum Gasteiger partial charge on any atom is 0.146 e. The van der Waals surface area contributed by atoms with Crippen molar-refractivity contribution in [1.82, 2.24) is 24.6 Å². The molecule has 0 unspecified atom stereocenters. The molecular weight excluding hydrogens is 354 g/mol. The molecule has 0 spiro atoms. The molecule has 0 radical (unpaired) electrons. The third-order valence-electron chi connectivity index (χ3n) is 5.90. The molecule has 2 fully saturated rings. The van der Waals surface area contributed by atoms with Crippen molar-refractivity contribution in [3.8, 4) is 5.75 Å². The van der Waals surface area contributed by atoms with Crippen molar-refractivity contribution in [2.75, 3.05) is 46.5 Å². The molecule has 0 saturated carbocycles. The number of likely N-dealkylation sites (tertiary alicyclic amines) is 1. The van der Waals surface area contributed by atoms with Crippen molar-refractivity contribution in [3.63, 3.8) is 0 Å². The molecule has 2 aliphatic rings. The first-order chi connectivity index (χ1) is 13.7. The summed E-state index contributed by atoms with van der Waals surface area (Å²) in [6, 6.07) is 8.39. The van der Waals surface area contributed by atoms with Crippen LogP contribution in [0, 0.1) is 0 Å². The highest BCUT2D eigenvalue weighted by Crippen LogP contribution is 2.27. The van der Waals surface area contributed by atoms with Crippen molar-refractivity contribution >= 4 is 0 Å². The summed E-state index contributed by atoms with van der Waals surface area (Å²) in [5, 5.41) is 9.09. The zero-order valence-electron chi connectivity index (χ0n) is 17.0. The summed E-state index contributed by atoms with van der Waals surface area (Å²) >= 11 is 0. The second-order valence-electron chi connectivity index (χ2n) is 7.84. The molecule has 2 aromatic rings. The van der Waals surface area contributed by atoms with E-state index in [2.05, 4.69) is 43.7 Å². The molecule has 0 aliphatic carbocycles. The normalized spacial score (nSPS) is 21.7. The lowest BCUT2D eigenvalue weighted by Crippen LogP contribution is -2.36. The third-order valence-corrected chi connectivity index (χ3v) is 5.90. The van der Waals surface area contributed by atoms with Crippen LogP contribution < -0.4 is 4.74 Å². The summed E-state index contributed by atoms with van der Waals surface area (Å²) < 4.78 is 12.9. The van der Waals surface area contributed by atoms with Crippen LogP contribution >= 0.6 is 0 Å². The first-order valence-electron chi connectivity index (χ1n) is 10.3. The van der Waals surface area contributed by atoms with Crippen molar-refractivity contribution in [3.05, 3.63) is 41.5 Å². The molecule has 4 rings (SSSR count). The van der Waals surface area contributed by atoms with Gasteiger partial charge in [0.15, 0.2) is 0 Å². The molecule has 1 aromatic carbocycles. The Morgan fingerprint density at radius 3 is 2.57 bits per heavy atom. The predicted octanol–water partition coefficient (Wildman–Crippen LogP) is 2.04. The van der Waals surface area contributed by atoms with E-state index in [-0.39, 0.29) is 0 Å². The van der Waals surface area contributed by atoms with Crippen LogP contribution in [0.3, 0.4) is 0 Å². The molecular formula is C21H31N5O2. The first kappa shape index (κ1) is 19.4. The van der Waals surface area contributed by atoms with Gasteiger partial charge in [0.05, 0.1) is 26.9 Å². The van der Waals surface area contributed by atoms with Gasteiger partial charge >= 0.3 is 0 Å². The summed E-state index contributed by atoms with van der Waals surface area (Å²) in [5.41, 5.74) is 1.33. The second kappa shape index (κ2) is 9.03. The van der Waals surface area contributed by atoms with E-state index < -0.39 is 0 Å². The number of benzene rings is 1. The maximum absolute atomic E-state index is 5.44. The third kappa shape index (κ3) is 4.54. The maximum atomic E-state index is 5.44. The summed E-state index contributed by atoms with van der Waals surface area (Å²) in [6.07, 6.45) is 2.38. The Kier molecular flexibility index (Phi) is 6.24. The van der Waals surface area contributed by atoms with Crippen LogP contribution in [0.4, 0.5) is 0 Å². The van der Waals surface area contributed by atoms with Crippen molar-refractivity contribution in [2.45, 2.75) is 31.8 Å². The molecule has 28 heavy (non-hydrogen) atoms. The second-order valence-corrected chi connectivity index (χ2v) is 7.84. The lowest BCUT2D eigenvalue weighted by Gasteiger charge is -2.32. The highest BCUT2D eigenvalue weighted by Gasteiger charge is 2.26. The number of ether oxygens (including phenoxy) is 2. The molecule has 7 nitrogen and oxygen atoms in total. The fourth-order valence-electron chi connectivity index (χ4n) is 4.23. The first-order valence-corrected chi connectivity index (χ1v) is 10.3. The largest absolute Gasteiger partial charge is 0.497 e. The molecule has 152 valence electrons. The van der Waals surface area contributed by atoms with Gasteiger partial charge in [0.1, 0.15) is 17.4 Å². The summed E-state index contributed by atoms with van der Waals surface area (Å²) in [6.45, 7) is 7.58. The Labute approximate surface area is 167 Å². The van der Waals surface area contributed by atoms with E-state index in [0.717, 1.165) is 69.9 Å². The van der Waals surface area contributed by atoms with Gasteiger partial charge in [-0.3, -0.25) is 9.80 Å². The molecule has 1 atom stereocenters. The molecule has 0 amide bonds. The molecule has 0 bridgehead atoms. The number of methoxy groups -OCH3 is 1. The van der Waals surface area contributed by atoms with Crippen molar-refractivity contribution in [2.24, 2.45) is 7.05 Å². The van der Waals surface area contributed by atoms with Crippen LogP contribution in [-0.4, -0.2) is 71.1 Å². The van der Waals surface area contributed by atoms with Crippen molar-refractivity contribution in [1.29, 1.82) is 0 Å². The molecule has 7 heteroatoms. The topological polar surface area (TPSA) is 55.6 Å². The van der Waals surface area contributed by atoms with Crippen LogP contribution in [0.1, 0.15) is 36.0 Å². The van der Waals surface area contributed by atoms with E-state index in [1.807, 2.05) is 12.1 Å². The van der Waals surface area contributed by atoms with Crippen molar-refractivity contribution < 1.29 is 9.47 Å². The van der Waals surface area contributed by atoms with Gasteiger partial charge in [-0.25, -0.2) is 0 Å². The zero-order valence-corrected chi connectivity index (χ0v) is 17.0. The minimum absolute atomic E-state index is 0.447. The zero-order chi connectivity index (χ0) is 19.3.